The second-order valence-corrected chi connectivity index (χ2v) is 7.10. The van der Waals surface area contributed by atoms with Crippen LogP contribution in [0.25, 0.3) is 25.1 Å². The van der Waals surface area contributed by atoms with Gasteiger partial charge in [0.15, 0.2) is 9.40 Å². The molecule has 6 heteroatoms. The molecule has 24 heavy (non-hydrogen) atoms. The van der Waals surface area contributed by atoms with Crippen LogP contribution in [0.5, 0.6) is 0 Å². The molecule has 0 bridgehead atoms. The van der Waals surface area contributed by atoms with Gasteiger partial charge in [0.25, 0.3) is 4.90 Å². The molecule has 0 atom stereocenters. The third-order valence-corrected chi connectivity index (χ3v) is 6.24. The lowest BCUT2D eigenvalue weighted by atomic mass is 10.2. The van der Waals surface area contributed by atoms with Gasteiger partial charge >= 0.3 is 0 Å². The minimum atomic E-state index is -2.14. The minimum Gasteiger partial charge on any atom is -0.200 e. The number of hydrogen-bond donors (Lipinski definition) is 0. The van der Waals surface area contributed by atoms with E-state index < -0.39 is 44.5 Å². The highest BCUT2D eigenvalue weighted by atomic mass is 32.2. The maximum Gasteiger partial charge on any atom is 0.257 e. The minimum absolute atomic E-state index is 0.543. The zero-order valence-corrected chi connectivity index (χ0v) is 12.7. The van der Waals surface area contributed by atoms with Gasteiger partial charge in [-0.15, -0.1) is 0 Å². The van der Waals surface area contributed by atoms with Gasteiger partial charge in [-0.2, -0.15) is 8.78 Å². The fourth-order valence-corrected chi connectivity index (χ4v) is 5.28. The van der Waals surface area contributed by atoms with Gasteiger partial charge in [-0.05, 0) is 24.3 Å². The molecule has 0 aliphatic heterocycles. The summed E-state index contributed by atoms with van der Waals surface area (Å²) in [5.41, 5.74) is 0. The van der Waals surface area contributed by atoms with Crippen molar-refractivity contribution < 1.29 is 22.0 Å². The SMILES string of the molecule is Fc1c(F)c(F)c(-[s+]2c3ccccc3c3ccccc32)c(F)c1F. The van der Waals surface area contributed by atoms with Crippen molar-refractivity contribution in [3.63, 3.8) is 0 Å². The van der Waals surface area contributed by atoms with Gasteiger partial charge in [0.1, 0.15) is 0 Å². The Morgan fingerprint density at radius 3 is 1.33 bits per heavy atom. The van der Waals surface area contributed by atoms with Gasteiger partial charge in [0.05, 0.1) is 0 Å². The Hall–Kier alpha value is -2.47. The van der Waals surface area contributed by atoms with Crippen molar-refractivity contribution in [1.82, 2.24) is 0 Å². The van der Waals surface area contributed by atoms with Gasteiger partial charge in [-0.1, -0.05) is 24.3 Å². The summed E-state index contributed by atoms with van der Waals surface area (Å²) >= 11 is 0. The van der Waals surface area contributed by atoms with Crippen molar-refractivity contribution in [3.8, 4) is 4.90 Å². The first-order chi connectivity index (χ1) is 11.5. The summed E-state index contributed by atoms with van der Waals surface area (Å²) in [5, 5.41) is 1.47. The molecule has 120 valence electrons. The van der Waals surface area contributed by atoms with Crippen LogP contribution in [0.2, 0.25) is 0 Å². The normalized spacial score (nSPS) is 11.5. The highest BCUT2D eigenvalue weighted by molar-refractivity contribution is 7.50. The topological polar surface area (TPSA) is 0 Å². The molecule has 0 nitrogen and oxygen atoms in total. The van der Waals surface area contributed by atoms with E-state index >= 15 is 0 Å². The highest BCUT2D eigenvalue weighted by Gasteiger charge is 2.36. The summed E-state index contributed by atoms with van der Waals surface area (Å²) < 4.78 is 70.4. The quantitative estimate of drug-likeness (QED) is 0.160. The third-order valence-electron chi connectivity index (χ3n) is 3.88. The lowest BCUT2D eigenvalue weighted by molar-refractivity contribution is 0.383. The molecule has 1 heterocycles. The first-order valence-corrected chi connectivity index (χ1v) is 8.19. The summed E-state index contributed by atoms with van der Waals surface area (Å²) in [6.45, 7) is 0. The second kappa shape index (κ2) is 5.27. The van der Waals surface area contributed by atoms with Crippen LogP contribution in [0.1, 0.15) is 0 Å². The molecule has 1 aromatic heterocycles. The van der Waals surface area contributed by atoms with Crippen LogP contribution in [-0.2, 0) is 0 Å². The van der Waals surface area contributed by atoms with Crippen LogP contribution in [0, 0.1) is 29.1 Å². The maximum atomic E-state index is 14.3. The molecule has 4 aromatic rings. The van der Waals surface area contributed by atoms with E-state index in [1.165, 1.54) is 0 Å². The molecule has 0 N–H and O–H groups in total. The Kier molecular flexibility index (Phi) is 3.31. The Morgan fingerprint density at radius 2 is 0.875 bits per heavy atom. The van der Waals surface area contributed by atoms with E-state index in [0.717, 1.165) is 10.8 Å². The number of halogens is 5. The lowest BCUT2D eigenvalue weighted by Gasteiger charge is -2.02. The van der Waals surface area contributed by atoms with E-state index in [2.05, 4.69) is 0 Å². The van der Waals surface area contributed by atoms with Crippen molar-refractivity contribution in [2.45, 2.75) is 0 Å². The van der Waals surface area contributed by atoms with Gasteiger partial charge in [-0.3, -0.25) is 0 Å². The van der Waals surface area contributed by atoms with Crippen LogP contribution in [0.4, 0.5) is 22.0 Å². The Bertz CT molecular complexity index is 1030. The summed E-state index contributed by atoms with van der Waals surface area (Å²) in [4.78, 5) is -0.788. The Balaban J connectivity index is 2.26. The zero-order chi connectivity index (χ0) is 17.0. The fraction of sp³-hybridized carbons (Fsp3) is 0. The summed E-state index contributed by atoms with van der Waals surface area (Å²) in [6, 6.07) is 13.7. The average Bonchev–Trinajstić information content (AvgIpc) is 2.94. The van der Waals surface area contributed by atoms with E-state index in [0.29, 0.717) is 9.40 Å². The molecule has 0 saturated carbocycles. The number of benzene rings is 3. The van der Waals surface area contributed by atoms with Crippen LogP contribution < -0.4 is 0 Å². The van der Waals surface area contributed by atoms with Crippen LogP contribution in [0.3, 0.4) is 0 Å². The van der Waals surface area contributed by atoms with Gasteiger partial charge < -0.3 is 0 Å². The summed E-state index contributed by atoms with van der Waals surface area (Å²) in [5.74, 6) is -9.53. The zero-order valence-electron chi connectivity index (χ0n) is 11.9. The van der Waals surface area contributed by atoms with Crippen molar-refractivity contribution in [3.05, 3.63) is 77.6 Å². The first kappa shape index (κ1) is 15.1. The van der Waals surface area contributed by atoms with E-state index in [1.54, 1.807) is 48.5 Å². The van der Waals surface area contributed by atoms with Gasteiger partial charge in [0.2, 0.25) is 29.1 Å². The average molecular weight is 351 g/mol. The van der Waals surface area contributed by atoms with Crippen LogP contribution in [-0.4, -0.2) is 0 Å². The Labute approximate surface area is 135 Å². The summed E-state index contributed by atoms with van der Waals surface area (Å²) in [7, 11) is -1.39. The molecule has 4 rings (SSSR count). The number of thiophene rings is 1. The van der Waals surface area contributed by atoms with E-state index in [4.69, 9.17) is 0 Å². The second-order valence-electron chi connectivity index (χ2n) is 5.20. The number of fused-ring (bicyclic) bond motifs is 3. The predicted molar refractivity (Wildman–Crippen MR) is 85.1 cm³/mol. The number of hydrogen-bond acceptors (Lipinski definition) is 0. The third kappa shape index (κ3) is 1.89. The monoisotopic (exact) mass is 351 g/mol. The van der Waals surface area contributed by atoms with Crippen molar-refractivity contribution in [2.75, 3.05) is 0 Å². The van der Waals surface area contributed by atoms with Gasteiger partial charge in [0, 0.05) is 21.2 Å². The Morgan fingerprint density at radius 1 is 0.500 bits per heavy atom. The highest BCUT2D eigenvalue weighted by Crippen LogP contribution is 2.50. The largest absolute Gasteiger partial charge is 0.257 e. The molecule has 0 spiro atoms. The molecule has 0 aliphatic carbocycles. The molecule has 0 unspecified atom stereocenters. The molecule has 0 fully saturated rings. The van der Waals surface area contributed by atoms with Crippen molar-refractivity contribution in [1.29, 1.82) is 0 Å². The van der Waals surface area contributed by atoms with E-state index in [-0.39, 0.29) is 0 Å². The molecular formula is C18H8F5S+. The molecular weight excluding hydrogens is 343 g/mol. The molecule has 0 amide bonds. The maximum absolute atomic E-state index is 14.3. The molecule has 0 saturated heterocycles. The first-order valence-electron chi connectivity index (χ1n) is 6.96. The van der Waals surface area contributed by atoms with Crippen molar-refractivity contribution >= 4 is 30.6 Å². The van der Waals surface area contributed by atoms with E-state index in [9.17, 15) is 22.0 Å². The molecule has 0 aliphatic rings. The van der Waals surface area contributed by atoms with Gasteiger partial charge in [-0.25, -0.2) is 13.2 Å². The molecule has 3 aromatic carbocycles. The fourth-order valence-electron chi connectivity index (χ4n) is 2.84. The van der Waals surface area contributed by atoms with Crippen LogP contribution >= 0.6 is 10.5 Å². The summed E-state index contributed by atoms with van der Waals surface area (Å²) in [6.07, 6.45) is 0. The number of rotatable bonds is 1. The van der Waals surface area contributed by atoms with E-state index in [1.807, 2.05) is 0 Å². The predicted octanol–water partition coefficient (Wildman–Crippen LogP) is 6.43. The molecule has 0 radical (unpaired) electrons. The lowest BCUT2D eigenvalue weighted by Crippen LogP contribution is -2.02. The van der Waals surface area contributed by atoms with Crippen molar-refractivity contribution in [2.24, 2.45) is 0 Å². The van der Waals surface area contributed by atoms with Crippen LogP contribution in [0.15, 0.2) is 48.5 Å². The standard InChI is InChI=1S/C18H8F5S/c19-13-14(20)16(22)18(17(23)15(13)21)24-11-7-3-1-5-9(11)10-6-2-4-8-12(10)24/h1-8H/q+1. The smallest absolute Gasteiger partial charge is 0.200 e.